The minimum Gasteiger partial charge on any atom is -0.489 e. The molecule has 0 heterocycles. The van der Waals surface area contributed by atoms with Crippen LogP contribution in [0.1, 0.15) is 17.5 Å². The maximum absolute atomic E-state index is 10.7. The van der Waals surface area contributed by atoms with Crippen LogP contribution >= 0.6 is 23.4 Å². The molecule has 0 fully saturated rings. The number of hydrogen-bond donors (Lipinski definition) is 1. The van der Waals surface area contributed by atoms with E-state index in [-0.39, 0.29) is 6.42 Å². The van der Waals surface area contributed by atoms with Crippen molar-refractivity contribution in [2.45, 2.75) is 29.2 Å². The summed E-state index contributed by atoms with van der Waals surface area (Å²) in [4.78, 5) is 12.8. The van der Waals surface area contributed by atoms with Crippen molar-refractivity contribution in [3.63, 3.8) is 0 Å². The molecule has 1 N–H and O–H groups in total. The van der Waals surface area contributed by atoms with E-state index in [1.807, 2.05) is 72.8 Å². The fraction of sp³-hybridized carbons (Fsp3) is 0.136. The highest BCUT2D eigenvalue weighted by Crippen LogP contribution is 2.33. The first kappa shape index (κ1) is 19.3. The fourth-order valence-corrected chi connectivity index (χ4v) is 3.79. The van der Waals surface area contributed by atoms with E-state index >= 15 is 0 Å². The second-order valence-electron chi connectivity index (χ2n) is 6.00. The van der Waals surface area contributed by atoms with Crippen LogP contribution in [0.25, 0.3) is 0 Å². The highest BCUT2D eigenvalue weighted by molar-refractivity contribution is 7.99. The Morgan fingerprint density at radius 1 is 0.963 bits per heavy atom. The van der Waals surface area contributed by atoms with E-state index in [2.05, 4.69) is 0 Å². The van der Waals surface area contributed by atoms with Gasteiger partial charge >= 0.3 is 5.97 Å². The Balaban J connectivity index is 1.63. The van der Waals surface area contributed by atoms with Gasteiger partial charge in [-0.2, -0.15) is 0 Å². The summed E-state index contributed by atoms with van der Waals surface area (Å²) in [6.45, 7) is 0.527. The lowest BCUT2D eigenvalue weighted by Gasteiger charge is -2.09. The highest BCUT2D eigenvalue weighted by Gasteiger charge is 2.07. The second kappa shape index (κ2) is 9.49. The number of carboxylic acid groups (broad SMARTS) is 1. The molecule has 0 spiro atoms. The van der Waals surface area contributed by atoms with Crippen LogP contribution in [-0.2, 0) is 17.8 Å². The van der Waals surface area contributed by atoms with Crippen LogP contribution in [0.15, 0.2) is 82.6 Å². The summed E-state index contributed by atoms with van der Waals surface area (Å²) in [5, 5.41) is 9.39. The lowest BCUT2D eigenvalue weighted by Crippen LogP contribution is -1.97. The molecule has 0 amide bonds. The number of aliphatic carboxylic acids is 1. The number of rotatable bonds is 8. The van der Waals surface area contributed by atoms with Gasteiger partial charge in [0, 0.05) is 21.2 Å². The molecule has 0 saturated heterocycles. The first-order valence-corrected chi connectivity index (χ1v) is 9.74. The van der Waals surface area contributed by atoms with Gasteiger partial charge in [0.1, 0.15) is 12.4 Å². The average molecular weight is 399 g/mol. The molecule has 3 aromatic rings. The topological polar surface area (TPSA) is 46.5 Å². The lowest BCUT2D eigenvalue weighted by molar-refractivity contribution is -0.136. The minimum absolute atomic E-state index is 0.0764. The van der Waals surface area contributed by atoms with Crippen molar-refractivity contribution in [1.29, 1.82) is 0 Å². The summed E-state index contributed by atoms with van der Waals surface area (Å²) >= 11 is 7.89. The maximum atomic E-state index is 10.7. The zero-order valence-electron chi connectivity index (χ0n) is 14.6. The van der Waals surface area contributed by atoms with Crippen LogP contribution in [0.2, 0.25) is 5.02 Å². The van der Waals surface area contributed by atoms with Crippen molar-refractivity contribution in [2.75, 3.05) is 0 Å². The molecule has 0 radical (unpaired) electrons. The quantitative estimate of drug-likeness (QED) is 0.499. The molecule has 0 unspecified atom stereocenters. The van der Waals surface area contributed by atoms with Gasteiger partial charge in [-0.3, -0.25) is 4.79 Å². The molecule has 5 heteroatoms. The third kappa shape index (κ3) is 6.05. The average Bonchev–Trinajstić information content (AvgIpc) is 2.67. The molecule has 0 saturated carbocycles. The van der Waals surface area contributed by atoms with Crippen molar-refractivity contribution >= 4 is 29.3 Å². The fourth-order valence-electron chi connectivity index (χ4n) is 2.54. The SMILES string of the molecule is O=C(O)CCc1ccc(Sc2cccc(OCc3ccccc3)c2)cc1Cl. The monoisotopic (exact) mass is 398 g/mol. The van der Waals surface area contributed by atoms with Gasteiger partial charge in [0.05, 0.1) is 0 Å². The van der Waals surface area contributed by atoms with E-state index in [4.69, 9.17) is 21.4 Å². The van der Waals surface area contributed by atoms with Gasteiger partial charge in [0.25, 0.3) is 0 Å². The van der Waals surface area contributed by atoms with Crippen LogP contribution in [0, 0.1) is 0 Å². The largest absolute Gasteiger partial charge is 0.489 e. The molecule has 0 bridgehead atoms. The Bertz CT molecular complexity index is 912. The van der Waals surface area contributed by atoms with Gasteiger partial charge in [-0.1, -0.05) is 65.8 Å². The van der Waals surface area contributed by atoms with Crippen molar-refractivity contribution in [3.05, 3.63) is 88.9 Å². The molecule has 0 aliphatic heterocycles. The molecule has 0 aliphatic rings. The summed E-state index contributed by atoms with van der Waals surface area (Å²) in [7, 11) is 0. The Morgan fingerprint density at radius 2 is 1.74 bits per heavy atom. The van der Waals surface area contributed by atoms with Gasteiger partial charge in [-0.05, 0) is 47.9 Å². The van der Waals surface area contributed by atoms with Crippen LogP contribution in [0.4, 0.5) is 0 Å². The Hall–Kier alpha value is -2.43. The number of benzene rings is 3. The number of ether oxygens (including phenoxy) is 1. The third-order valence-electron chi connectivity index (χ3n) is 3.92. The summed E-state index contributed by atoms with van der Waals surface area (Å²) in [6, 6.07) is 23.7. The zero-order valence-corrected chi connectivity index (χ0v) is 16.2. The summed E-state index contributed by atoms with van der Waals surface area (Å²) < 4.78 is 5.87. The highest BCUT2D eigenvalue weighted by atomic mass is 35.5. The first-order valence-electron chi connectivity index (χ1n) is 8.55. The predicted octanol–water partition coefficient (Wildman–Crippen LogP) is 6.09. The number of carboxylic acids is 1. The number of carbonyl (C=O) groups is 1. The number of hydrogen-bond acceptors (Lipinski definition) is 3. The molecule has 3 nitrogen and oxygen atoms in total. The van der Waals surface area contributed by atoms with E-state index in [0.717, 1.165) is 26.7 Å². The van der Waals surface area contributed by atoms with Gasteiger partial charge in [-0.25, -0.2) is 0 Å². The summed E-state index contributed by atoms with van der Waals surface area (Å²) in [5.41, 5.74) is 1.97. The Morgan fingerprint density at radius 3 is 2.48 bits per heavy atom. The van der Waals surface area contributed by atoms with E-state index in [0.29, 0.717) is 18.1 Å². The lowest BCUT2D eigenvalue weighted by atomic mass is 10.1. The van der Waals surface area contributed by atoms with Crippen molar-refractivity contribution in [3.8, 4) is 5.75 Å². The maximum Gasteiger partial charge on any atom is 0.303 e. The molecular weight excluding hydrogens is 380 g/mol. The molecule has 138 valence electrons. The van der Waals surface area contributed by atoms with Crippen LogP contribution in [0.5, 0.6) is 5.75 Å². The Labute approximate surface area is 168 Å². The first-order chi connectivity index (χ1) is 13.1. The number of aryl methyl sites for hydroxylation is 1. The molecule has 0 aliphatic carbocycles. The van der Waals surface area contributed by atoms with Crippen LogP contribution < -0.4 is 4.74 Å². The normalized spacial score (nSPS) is 10.6. The van der Waals surface area contributed by atoms with Crippen molar-refractivity contribution in [2.24, 2.45) is 0 Å². The Kier molecular flexibility index (Phi) is 6.80. The molecule has 0 aromatic heterocycles. The summed E-state index contributed by atoms with van der Waals surface area (Å²) in [5.74, 6) is -0.00938. The van der Waals surface area contributed by atoms with Crippen LogP contribution in [0.3, 0.4) is 0 Å². The predicted molar refractivity (Wildman–Crippen MR) is 109 cm³/mol. The van der Waals surface area contributed by atoms with Crippen molar-refractivity contribution in [1.82, 2.24) is 0 Å². The molecule has 3 aromatic carbocycles. The van der Waals surface area contributed by atoms with E-state index in [1.165, 1.54) is 0 Å². The van der Waals surface area contributed by atoms with Gasteiger partial charge in [0.15, 0.2) is 0 Å². The second-order valence-corrected chi connectivity index (χ2v) is 7.55. The van der Waals surface area contributed by atoms with E-state index < -0.39 is 5.97 Å². The standard InChI is InChI=1S/C22H19ClO3S/c23-21-14-20(11-9-17(21)10-12-22(24)25)27-19-8-4-7-18(13-19)26-15-16-5-2-1-3-6-16/h1-9,11,13-14H,10,12,15H2,(H,24,25). The van der Waals surface area contributed by atoms with Gasteiger partial charge in [0.2, 0.25) is 0 Å². The molecular formula is C22H19ClO3S. The molecule has 3 rings (SSSR count). The smallest absolute Gasteiger partial charge is 0.303 e. The van der Waals surface area contributed by atoms with Crippen LogP contribution in [-0.4, -0.2) is 11.1 Å². The molecule has 0 atom stereocenters. The molecule has 27 heavy (non-hydrogen) atoms. The van der Waals surface area contributed by atoms with Gasteiger partial charge < -0.3 is 9.84 Å². The minimum atomic E-state index is -0.822. The van der Waals surface area contributed by atoms with Crippen molar-refractivity contribution < 1.29 is 14.6 Å². The van der Waals surface area contributed by atoms with Gasteiger partial charge in [-0.15, -0.1) is 0 Å². The number of halogens is 1. The summed E-state index contributed by atoms with van der Waals surface area (Å²) in [6.07, 6.45) is 0.509. The zero-order chi connectivity index (χ0) is 19.1. The van der Waals surface area contributed by atoms with E-state index in [9.17, 15) is 4.79 Å². The van der Waals surface area contributed by atoms with E-state index in [1.54, 1.807) is 11.8 Å². The third-order valence-corrected chi connectivity index (χ3v) is 5.25.